The zero-order valence-corrected chi connectivity index (χ0v) is 16.5. The van der Waals surface area contributed by atoms with E-state index < -0.39 is 13.0 Å². The van der Waals surface area contributed by atoms with Crippen molar-refractivity contribution in [2.45, 2.75) is 32.0 Å². The molecule has 0 aliphatic rings. The van der Waals surface area contributed by atoms with Gasteiger partial charge in [0.05, 0.1) is 11.3 Å². The van der Waals surface area contributed by atoms with E-state index in [9.17, 15) is 10.1 Å². The summed E-state index contributed by atoms with van der Waals surface area (Å²) in [5.41, 5.74) is 0. The highest BCUT2D eigenvalue weighted by molar-refractivity contribution is 7.96. The van der Waals surface area contributed by atoms with Crippen molar-refractivity contribution in [1.29, 1.82) is 0 Å². The maximum Gasteiger partial charge on any atom is 0.321 e. The number of nitrogens with zero attached hydrogens (tertiary/aromatic N) is 1. The Morgan fingerprint density at radius 1 is 0.778 bits per heavy atom. The van der Waals surface area contributed by atoms with Gasteiger partial charge in [0.25, 0.3) is 0 Å². The molecule has 1 atom stereocenters. The SMILES string of the molecule is CCCCC([N+](=O)[O-])[P+](c1ccccc1)(c1ccccc1)c1ccccc1. The average molecular weight is 378 g/mol. The van der Waals surface area contributed by atoms with Gasteiger partial charge in [0.15, 0.2) is 7.26 Å². The van der Waals surface area contributed by atoms with E-state index in [-0.39, 0.29) is 4.92 Å². The predicted octanol–water partition coefficient (Wildman–Crippen LogP) is 4.77. The highest BCUT2D eigenvalue weighted by atomic mass is 31.2. The first-order chi connectivity index (χ1) is 13.2. The summed E-state index contributed by atoms with van der Waals surface area (Å²) in [6.45, 7) is 2.09. The molecule has 0 fully saturated rings. The van der Waals surface area contributed by atoms with Crippen LogP contribution in [-0.2, 0) is 0 Å². The molecule has 0 bridgehead atoms. The Hall–Kier alpha value is -2.51. The highest BCUT2D eigenvalue weighted by Crippen LogP contribution is 2.61. The number of unbranched alkanes of at least 4 members (excludes halogenated alkanes) is 1. The molecule has 138 valence electrons. The summed E-state index contributed by atoms with van der Waals surface area (Å²) in [5.74, 6) is -0.635. The van der Waals surface area contributed by atoms with Crippen LogP contribution in [0.2, 0.25) is 0 Å². The lowest BCUT2D eigenvalue weighted by atomic mass is 10.2. The summed E-state index contributed by atoms with van der Waals surface area (Å²) >= 11 is 0. The standard InChI is InChI=1S/C23H25NO2P/c1-2-3-19-23(24(25)26)27(20-13-7-4-8-14-20,21-15-9-5-10-16-21)22-17-11-6-12-18-22/h4-18,23H,2-3,19H2,1H3/q+1. The van der Waals surface area contributed by atoms with Crippen molar-refractivity contribution in [1.82, 2.24) is 0 Å². The minimum Gasteiger partial charge on any atom is -0.261 e. The fourth-order valence-electron chi connectivity index (χ4n) is 3.78. The van der Waals surface area contributed by atoms with Crippen molar-refractivity contribution in [3.05, 3.63) is 101 Å². The van der Waals surface area contributed by atoms with Crippen molar-refractivity contribution in [2.24, 2.45) is 0 Å². The van der Waals surface area contributed by atoms with Crippen molar-refractivity contribution < 1.29 is 4.92 Å². The molecule has 0 aliphatic heterocycles. The predicted molar refractivity (Wildman–Crippen MR) is 115 cm³/mol. The van der Waals surface area contributed by atoms with E-state index in [1.54, 1.807) is 0 Å². The van der Waals surface area contributed by atoms with Crippen molar-refractivity contribution in [2.75, 3.05) is 0 Å². The second-order valence-corrected chi connectivity index (χ2v) is 10.2. The molecule has 0 aromatic heterocycles. The number of nitro groups is 1. The van der Waals surface area contributed by atoms with Crippen LogP contribution in [0.15, 0.2) is 91.0 Å². The van der Waals surface area contributed by atoms with Gasteiger partial charge in [-0.3, -0.25) is 10.1 Å². The zero-order valence-electron chi connectivity index (χ0n) is 15.6. The molecule has 0 N–H and O–H groups in total. The molecule has 0 aliphatic carbocycles. The Bertz CT molecular complexity index is 757. The third-order valence-electron chi connectivity index (χ3n) is 5.00. The zero-order chi connectivity index (χ0) is 19.1. The Morgan fingerprint density at radius 2 is 1.15 bits per heavy atom. The van der Waals surface area contributed by atoms with Crippen molar-refractivity contribution >= 4 is 23.2 Å². The Labute approximate surface area is 161 Å². The molecule has 3 aromatic rings. The highest BCUT2D eigenvalue weighted by Gasteiger charge is 2.58. The van der Waals surface area contributed by atoms with Gasteiger partial charge in [-0.15, -0.1) is 0 Å². The molecule has 4 heteroatoms. The number of rotatable bonds is 8. The summed E-state index contributed by atoms with van der Waals surface area (Å²) in [5, 5.41) is 15.6. The largest absolute Gasteiger partial charge is 0.321 e. The van der Waals surface area contributed by atoms with Gasteiger partial charge in [-0.2, -0.15) is 0 Å². The lowest BCUT2D eigenvalue weighted by Crippen LogP contribution is -2.42. The molecule has 3 rings (SSSR count). The second-order valence-electron chi connectivity index (χ2n) is 6.64. The Balaban J connectivity index is 2.37. The summed E-state index contributed by atoms with van der Waals surface area (Å²) in [6, 6.07) is 30.3. The monoisotopic (exact) mass is 378 g/mol. The summed E-state index contributed by atoms with van der Waals surface area (Å²) in [7, 11) is -2.45. The van der Waals surface area contributed by atoms with Crippen LogP contribution >= 0.6 is 7.26 Å². The van der Waals surface area contributed by atoms with Gasteiger partial charge in [-0.1, -0.05) is 67.9 Å². The molecule has 0 amide bonds. The van der Waals surface area contributed by atoms with Crippen LogP contribution in [0.25, 0.3) is 0 Å². The number of hydrogen-bond donors (Lipinski definition) is 0. The van der Waals surface area contributed by atoms with Crippen LogP contribution in [0, 0.1) is 10.1 Å². The minimum absolute atomic E-state index is 0.0313. The Morgan fingerprint density at radius 3 is 1.44 bits per heavy atom. The molecule has 0 saturated heterocycles. The maximum atomic E-state index is 12.4. The van der Waals surface area contributed by atoms with Gasteiger partial charge in [-0.25, -0.2) is 0 Å². The van der Waals surface area contributed by atoms with Crippen LogP contribution in [0.4, 0.5) is 0 Å². The molecule has 27 heavy (non-hydrogen) atoms. The van der Waals surface area contributed by atoms with Crippen molar-refractivity contribution in [3.8, 4) is 0 Å². The molecule has 0 saturated carbocycles. The fourth-order valence-corrected chi connectivity index (χ4v) is 8.49. The number of hydrogen-bond acceptors (Lipinski definition) is 2. The topological polar surface area (TPSA) is 43.1 Å². The first-order valence-electron chi connectivity index (χ1n) is 9.40. The van der Waals surface area contributed by atoms with E-state index in [2.05, 4.69) is 43.3 Å². The van der Waals surface area contributed by atoms with E-state index in [4.69, 9.17) is 0 Å². The quantitative estimate of drug-likeness (QED) is 0.322. The van der Waals surface area contributed by atoms with Crippen LogP contribution in [0.5, 0.6) is 0 Å². The molecule has 1 unspecified atom stereocenters. The van der Waals surface area contributed by atoms with E-state index in [0.29, 0.717) is 6.42 Å². The second kappa shape index (κ2) is 8.92. The molecule has 0 spiro atoms. The molecular weight excluding hydrogens is 353 g/mol. The summed E-state index contributed by atoms with van der Waals surface area (Å²) in [6.07, 6.45) is 2.37. The van der Waals surface area contributed by atoms with Gasteiger partial charge in [-0.05, 0) is 42.8 Å². The number of benzene rings is 3. The van der Waals surface area contributed by atoms with E-state index in [0.717, 1.165) is 28.8 Å². The fraction of sp³-hybridized carbons (Fsp3) is 0.217. The van der Waals surface area contributed by atoms with E-state index in [1.807, 2.05) is 54.6 Å². The third kappa shape index (κ3) is 3.79. The normalized spacial score (nSPS) is 12.5. The molecule has 0 heterocycles. The lowest BCUT2D eigenvalue weighted by molar-refractivity contribution is -0.498. The minimum atomic E-state index is -2.45. The lowest BCUT2D eigenvalue weighted by Gasteiger charge is -2.29. The van der Waals surface area contributed by atoms with Gasteiger partial charge >= 0.3 is 5.78 Å². The third-order valence-corrected chi connectivity index (χ3v) is 9.68. The molecule has 3 aromatic carbocycles. The molecule has 0 radical (unpaired) electrons. The first-order valence-corrected chi connectivity index (χ1v) is 11.3. The maximum absolute atomic E-state index is 12.4. The smallest absolute Gasteiger partial charge is 0.261 e. The van der Waals surface area contributed by atoms with Crippen LogP contribution < -0.4 is 15.9 Å². The van der Waals surface area contributed by atoms with Crippen LogP contribution in [-0.4, -0.2) is 10.7 Å². The van der Waals surface area contributed by atoms with Crippen LogP contribution in [0.1, 0.15) is 26.2 Å². The molecular formula is C23H25NO2P+. The van der Waals surface area contributed by atoms with Gasteiger partial charge in [0.1, 0.15) is 15.9 Å². The summed E-state index contributed by atoms with van der Waals surface area (Å²) < 4.78 is 0. The van der Waals surface area contributed by atoms with Crippen molar-refractivity contribution in [3.63, 3.8) is 0 Å². The van der Waals surface area contributed by atoms with Crippen LogP contribution in [0.3, 0.4) is 0 Å². The van der Waals surface area contributed by atoms with E-state index in [1.165, 1.54) is 0 Å². The van der Waals surface area contributed by atoms with Gasteiger partial charge in [0.2, 0.25) is 0 Å². The molecule has 3 nitrogen and oxygen atoms in total. The average Bonchev–Trinajstić information content (AvgIpc) is 2.73. The van der Waals surface area contributed by atoms with Gasteiger partial charge in [0, 0.05) is 0 Å². The van der Waals surface area contributed by atoms with E-state index >= 15 is 0 Å². The first kappa shape index (κ1) is 19.3. The summed E-state index contributed by atoms with van der Waals surface area (Å²) in [4.78, 5) is 12.4. The van der Waals surface area contributed by atoms with Gasteiger partial charge < -0.3 is 0 Å². The Kier molecular flexibility index (Phi) is 6.36.